The number of aliphatic hydroxyl groups excluding tert-OH is 1. The van der Waals surface area contributed by atoms with Crippen LogP contribution in [0.3, 0.4) is 0 Å². The number of amides is 1. The average molecular weight is 245 g/mol. The largest absolute Gasteiger partial charge is 0.391 e. The Labute approximate surface area is 105 Å². The van der Waals surface area contributed by atoms with E-state index < -0.39 is 6.10 Å². The van der Waals surface area contributed by atoms with Crippen LogP contribution in [-0.4, -0.2) is 33.6 Å². The van der Waals surface area contributed by atoms with Crippen molar-refractivity contribution in [2.24, 2.45) is 0 Å². The van der Waals surface area contributed by atoms with Gasteiger partial charge in [-0.3, -0.25) is 9.78 Å². The fourth-order valence-electron chi connectivity index (χ4n) is 1.51. The molecule has 2 rings (SSSR count). The molecule has 1 unspecified atom stereocenters. The summed E-state index contributed by atoms with van der Waals surface area (Å²) >= 11 is 0. The number of carbonyl (C=O) groups is 1. The Balaban J connectivity index is 2.13. The number of rotatable bonds is 4. The van der Waals surface area contributed by atoms with Crippen molar-refractivity contribution in [3.63, 3.8) is 0 Å². The maximum absolute atomic E-state index is 11.8. The maximum atomic E-state index is 11.8. The van der Waals surface area contributed by atoms with E-state index in [1.807, 2.05) is 25.1 Å². The van der Waals surface area contributed by atoms with Crippen molar-refractivity contribution in [1.82, 2.24) is 15.3 Å². The third-order valence-electron chi connectivity index (χ3n) is 2.65. The molecule has 5 nitrogen and oxygen atoms in total. The first-order valence-corrected chi connectivity index (χ1v) is 5.88. The minimum atomic E-state index is -0.526. The van der Waals surface area contributed by atoms with Gasteiger partial charge in [0.2, 0.25) is 0 Å². The fraction of sp³-hybridized carbons (Fsp3) is 0.308. The van der Waals surface area contributed by atoms with Crippen molar-refractivity contribution in [1.29, 1.82) is 0 Å². The Hall–Kier alpha value is -2.01. The van der Waals surface area contributed by atoms with Crippen LogP contribution in [-0.2, 0) is 0 Å². The lowest BCUT2D eigenvalue weighted by Crippen LogP contribution is -2.32. The lowest BCUT2D eigenvalue weighted by molar-refractivity contribution is 0.0909. The zero-order valence-corrected chi connectivity index (χ0v) is 10.1. The zero-order valence-electron chi connectivity index (χ0n) is 10.1. The molecule has 0 fully saturated rings. The van der Waals surface area contributed by atoms with Gasteiger partial charge in [-0.2, -0.15) is 0 Å². The molecule has 0 aliphatic rings. The molecule has 0 saturated heterocycles. The molecule has 0 aliphatic heterocycles. The van der Waals surface area contributed by atoms with Gasteiger partial charge in [0, 0.05) is 6.54 Å². The first-order chi connectivity index (χ1) is 8.70. The summed E-state index contributed by atoms with van der Waals surface area (Å²) in [6, 6.07) is 7.36. The quantitative estimate of drug-likeness (QED) is 0.846. The first kappa shape index (κ1) is 12.4. The lowest BCUT2D eigenvalue weighted by Gasteiger charge is -2.09. The number of nitrogens with one attached hydrogen (secondary N) is 1. The van der Waals surface area contributed by atoms with Gasteiger partial charge in [-0.25, -0.2) is 4.98 Å². The fourth-order valence-corrected chi connectivity index (χ4v) is 1.51. The molecule has 1 amide bonds. The van der Waals surface area contributed by atoms with E-state index in [2.05, 4.69) is 15.3 Å². The Morgan fingerprint density at radius 3 is 2.83 bits per heavy atom. The molecule has 1 heterocycles. The highest BCUT2D eigenvalue weighted by Crippen LogP contribution is 2.08. The minimum Gasteiger partial charge on any atom is -0.391 e. The summed E-state index contributed by atoms with van der Waals surface area (Å²) in [5.74, 6) is -0.319. The monoisotopic (exact) mass is 245 g/mol. The second kappa shape index (κ2) is 5.55. The Kier molecular flexibility index (Phi) is 3.84. The highest BCUT2D eigenvalue weighted by atomic mass is 16.3. The maximum Gasteiger partial charge on any atom is 0.271 e. The van der Waals surface area contributed by atoms with Crippen LogP contribution in [0.1, 0.15) is 23.8 Å². The predicted octanol–water partition coefficient (Wildman–Crippen LogP) is 1.13. The zero-order chi connectivity index (χ0) is 13.0. The first-order valence-electron chi connectivity index (χ1n) is 5.88. The third kappa shape index (κ3) is 2.81. The van der Waals surface area contributed by atoms with Gasteiger partial charge in [0.15, 0.2) is 0 Å². The van der Waals surface area contributed by atoms with E-state index in [4.69, 9.17) is 0 Å². The summed E-state index contributed by atoms with van der Waals surface area (Å²) in [6.45, 7) is 2.08. The third-order valence-corrected chi connectivity index (χ3v) is 2.65. The van der Waals surface area contributed by atoms with Crippen LogP contribution in [0, 0.1) is 0 Å². The molecule has 0 spiro atoms. The Morgan fingerprint density at radius 2 is 2.11 bits per heavy atom. The molecule has 5 heteroatoms. The summed E-state index contributed by atoms with van der Waals surface area (Å²) in [5, 5.41) is 12.0. The highest BCUT2D eigenvalue weighted by molar-refractivity contribution is 5.93. The summed E-state index contributed by atoms with van der Waals surface area (Å²) in [7, 11) is 0. The normalized spacial score (nSPS) is 12.3. The topological polar surface area (TPSA) is 75.1 Å². The number of carbonyl (C=O) groups excluding carboxylic acids is 1. The number of para-hydroxylation sites is 2. The van der Waals surface area contributed by atoms with E-state index in [1.165, 1.54) is 6.20 Å². The van der Waals surface area contributed by atoms with Crippen LogP contribution in [0.4, 0.5) is 0 Å². The Bertz CT molecular complexity index is 557. The second-order valence-electron chi connectivity index (χ2n) is 4.02. The molecule has 0 aliphatic carbocycles. The highest BCUT2D eigenvalue weighted by Gasteiger charge is 2.10. The summed E-state index contributed by atoms with van der Waals surface area (Å²) in [4.78, 5) is 20.2. The molecule has 1 aromatic carbocycles. The second-order valence-corrected chi connectivity index (χ2v) is 4.02. The van der Waals surface area contributed by atoms with Crippen molar-refractivity contribution in [2.45, 2.75) is 19.4 Å². The van der Waals surface area contributed by atoms with Gasteiger partial charge >= 0.3 is 0 Å². The van der Waals surface area contributed by atoms with Gasteiger partial charge < -0.3 is 10.4 Å². The smallest absolute Gasteiger partial charge is 0.271 e. The number of hydrogen-bond donors (Lipinski definition) is 2. The summed E-state index contributed by atoms with van der Waals surface area (Å²) < 4.78 is 0. The van der Waals surface area contributed by atoms with Gasteiger partial charge in [-0.1, -0.05) is 19.1 Å². The number of fused-ring (bicyclic) bond motifs is 1. The number of benzene rings is 1. The molecule has 0 bridgehead atoms. The van der Waals surface area contributed by atoms with Gasteiger partial charge in [0.25, 0.3) is 5.91 Å². The van der Waals surface area contributed by atoms with Gasteiger partial charge in [-0.15, -0.1) is 0 Å². The van der Waals surface area contributed by atoms with Crippen LogP contribution in [0.2, 0.25) is 0 Å². The van der Waals surface area contributed by atoms with Gasteiger partial charge in [-0.05, 0) is 18.6 Å². The van der Waals surface area contributed by atoms with Crippen molar-refractivity contribution in [3.8, 4) is 0 Å². The van der Waals surface area contributed by atoms with E-state index in [9.17, 15) is 9.90 Å². The molecule has 1 aromatic heterocycles. The van der Waals surface area contributed by atoms with E-state index in [-0.39, 0.29) is 18.1 Å². The van der Waals surface area contributed by atoms with E-state index in [0.29, 0.717) is 11.9 Å². The molecule has 0 saturated carbocycles. The summed E-state index contributed by atoms with van der Waals surface area (Å²) in [5.41, 5.74) is 1.70. The van der Waals surface area contributed by atoms with E-state index in [0.717, 1.165) is 5.52 Å². The van der Waals surface area contributed by atoms with Crippen LogP contribution >= 0.6 is 0 Å². The minimum absolute atomic E-state index is 0.226. The molecule has 2 N–H and O–H groups in total. The van der Waals surface area contributed by atoms with Gasteiger partial charge in [0.1, 0.15) is 5.69 Å². The van der Waals surface area contributed by atoms with Crippen LogP contribution < -0.4 is 5.32 Å². The molecular weight excluding hydrogens is 230 g/mol. The molecule has 0 radical (unpaired) electrons. The van der Waals surface area contributed by atoms with Crippen LogP contribution in [0.25, 0.3) is 11.0 Å². The molecule has 2 aromatic rings. The Morgan fingerprint density at radius 1 is 1.39 bits per heavy atom. The number of nitrogens with zero attached hydrogens (tertiary/aromatic N) is 2. The van der Waals surface area contributed by atoms with Crippen molar-refractivity contribution in [2.75, 3.05) is 6.54 Å². The van der Waals surface area contributed by atoms with Gasteiger partial charge in [0.05, 0.1) is 23.3 Å². The van der Waals surface area contributed by atoms with Crippen molar-refractivity contribution in [3.05, 3.63) is 36.2 Å². The SMILES string of the molecule is CCC(O)CNC(=O)c1cnc2ccccc2n1. The molecule has 1 atom stereocenters. The van der Waals surface area contributed by atoms with E-state index in [1.54, 1.807) is 6.07 Å². The summed E-state index contributed by atoms with van der Waals surface area (Å²) in [6.07, 6.45) is 1.52. The number of aromatic nitrogens is 2. The standard InChI is InChI=1S/C13H15N3O2/c1-2-9(17)7-15-13(18)12-8-14-10-5-3-4-6-11(10)16-12/h3-6,8-9,17H,2,7H2,1H3,(H,15,18). The predicted molar refractivity (Wildman–Crippen MR) is 68.2 cm³/mol. The van der Waals surface area contributed by atoms with Crippen molar-refractivity contribution < 1.29 is 9.90 Å². The molecule has 94 valence electrons. The van der Waals surface area contributed by atoms with Crippen LogP contribution in [0.15, 0.2) is 30.5 Å². The lowest BCUT2D eigenvalue weighted by atomic mass is 10.2. The average Bonchev–Trinajstić information content (AvgIpc) is 2.43. The number of aliphatic hydroxyl groups is 1. The van der Waals surface area contributed by atoms with Crippen LogP contribution in [0.5, 0.6) is 0 Å². The molecule has 18 heavy (non-hydrogen) atoms. The molecular formula is C13H15N3O2. The number of hydrogen-bond acceptors (Lipinski definition) is 4. The van der Waals surface area contributed by atoms with Crippen molar-refractivity contribution >= 4 is 16.9 Å². The van der Waals surface area contributed by atoms with E-state index >= 15 is 0 Å².